The van der Waals surface area contributed by atoms with Crippen molar-refractivity contribution in [1.82, 2.24) is 4.90 Å². The number of fused-ring (bicyclic) bond motifs is 3. The van der Waals surface area contributed by atoms with E-state index in [1.165, 1.54) is 30.5 Å². The summed E-state index contributed by atoms with van der Waals surface area (Å²) in [5.41, 5.74) is 3.20. The van der Waals surface area contributed by atoms with Gasteiger partial charge in [-0.05, 0) is 74.2 Å². The number of hydrogen-bond acceptors (Lipinski definition) is 5. The first-order valence-electron chi connectivity index (χ1n) is 12.0. The highest BCUT2D eigenvalue weighted by Crippen LogP contribution is 2.72. The van der Waals surface area contributed by atoms with E-state index in [1.54, 1.807) is 7.11 Å². The van der Waals surface area contributed by atoms with Crippen molar-refractivity contribution in [3.05, 3.63) is 29.3 Å². The zero-order valence-corrected chi connectivity index (χ0v) is 17.9. The monoisotopic (exact) mass is 411 g/mol. The molecule has 5 heteroatoms. The Kier molecular flexibility index (Phi) is 3.69. The molecule has 6 aliphatic rings. The second-order valence-corrected chi connectivity index (χ2v) is 10.9. The largest absolute Gasteiger partial charge is 0.497 e. The number of rotatable bonds is 3. The Morgan fingerprint density at radius 1 is 1.23 bits per heavy atom. The summed E-state index contributed by atoms with van der Waals surface area (Å²) >= 11 is 0. The maximum Gasteiger partial charge on any atom is 0.174 e. The lowest BCUT2D eigenvalue weighted by atomic mass is 9.43. The molecule has 5 atom stereocenters. The van der Waals surface area contributed by atoms with Crippen LogP contribution in [0.15, 0.2) is 18.2 Å². The maximum absolute atomic E-state index is 11.3. The van der Waals surface area contributed by atoms with Crippen LogP contribution in [0.4, 0.5) is 0 Å². The first kappa shape index (κ1) is 18.4. The Hall–Kier alpha value is -1.14. The molecule has 2 heterocycles. The van der Waals surface area contributed by atoms with Gasteiger partial charge in [-0.25, -0.2) is 0 Å². The molecule has 1 N–H and O–H groups in total. The fourth-order valence-electron chi connectivity index (χ4n) is 8.42. The first-order valence-corrected chi connectivity index (χ1v) is 12.0. The van der Waals surface area contributed by atoms with Gasteiger partial charge in [-0.15, -0.1) is 0 Å². The van der Waals surface area contributed by atoms with Crippen LogP contribution < -0.4 is 4.74 Å². The van der Waals surface area contributed by atoms with Crippen molar-refractivity contribution in [3.8, 4) is 5.75 Å². The molecule has 4 aliphatic carbocycles. The van der Waals surface area contributed by atoms with Crippen molar-refractivity contribution in [1.29, 1.82) is 0 Å². The molecule has 2 bridgehead atoms. The van der Waals surface area contributed by atoms with Crippen molar-refractivity contribution < 1.29 is 19.3 Å². The minimum atomic E-state index is -0.614. The standard InChI is InChI=1S/C25H33NO4/c1-28-18-5-4-17-12-24-13-20-21(27)11-22(24)26(14-16-2-3-16)7-6-23(24,19(17)10-18)15-25(20)29-8-9-30-25/h4-5,10,16,20-22,27H,2-3,6-9,11-15H2,1H3/t20-,21-,22-,23-,24-/m1/s1. The molecule has 0 amide bonds. The summed E-state index contributed by atoms with van der Waals surface area (Å²) in [4.78, 5) is 2.77. The predicted molar refractivity (Wildman–Crippen MR) is 111 cm³/mol. The van der Waals surface area contributed by atoms with Gasteiger partial charge >= 0.3 is 0 Å². The van der Waals surface area contributed by atoms with Gasteiger partial charge < -0.3 is 19.3 Å². The van der Waals surface area contributed by atoms with E-state index < -0.39 is 5.79 Å². The molecule has 30 heavy (non-hydrogen) atoms. The van der Waals surface area contributed by atoms with Crippen molar-refractivity contribution in [2.75, 3.05) is 33.4 Å². The van der Waals surface area contributed by atoms with Crippen molar-refractivity contribution in [2.45, 2.75) is 68.3 Å². The second kappa shape index (κ2) is 6.00. The van der Waals surface area contributed by atoms with Crippen molar-refractivity contribution >= 4 is 0 Å². The summed E-state index contributed by atoms with van der Waals surface area (Å²) in [6, 6.07) is 7.20. The normalized spacial score (nSPS) is 43.5. The molecule has 1 aromatic rings. The van der Waals surface area contributed by atoms with E-state index in [9.17, 15) is 5.11 Å². The number of aliphatic hydroxyl groups excluding tert-OH is 1. The second-order valence-electron chi connectivity index (χ2n) is 10.9. The molecule has 0 aromatic heterocycles. The summed E-state index contributed by atoms with van der Waals surface area (Å²) in [6.07, 6.45) is 7.47. The van der Waals surface area contributed by atoms with Gasteiger partial charge in [-0.1, -0.05) is 6.07 Å². The number of methoxy groups -OCH3 is 1. The Morgan fingerprint density at radius 2 is 2.07 bits per heavy atom. The summed E-state index contributed by atoms with van der Waals surface area (Å²) < 4.78 is 18.4. The van der Waals surface area contributed by atoms with Crippen LogP contribution in [-0.4, -0.2) is 61.4 Å². The zero-order chi connectivity index (χ0) is 20.1. The number of piperidine rings is 1. The minimum Gasteiger partial charge on any atom is -0.497 e. The highest BCUT2D eigenvalue weighted by molar-refractivity contribution is 5.51. The number of likely N-dealkylation sites (tertiary alicyclic amines) is 1. The van der Waals surface area contributed by atoms with Gasteiger partial charge in [-0.2, -0.15) is 0 Å². The van der Waals surface area contributed by atoms with Gasteiger partial charge in [0.05, 0.1) is 26.4 Å². The fourth-order valence-corrected chi connectivity index (χ4v) is 8.42. The highest BCUT2D eigenvalue weighted by Gasteiger charge is 2.74. The van der Waals surface area contributed by atoms with E-state index in [-0.39, 0.29) is 22.9 Å². The van der Waals surface area contributed by atoms with E-state index in [4.69, 9.17) is 14.2 Å². The van der Waals surface area contributed by atoms with Crippen LogP contribution in [-0.2, 0) is 21.3 Å². The van der Waals surface area contributed by atoms with Gasteiger partial charge in [0.25, 0.3) is 0 Å². The summed E-state index contributed by atoms with van der Waals surface area (Å²) in [6.45, 7) is 3.63. The maximum atomic E-state index is 11.3. The van der Waals surface area contributed by atoms with Gasteiger partial charge in [0.15, 0.2) is 5.79 Å². The summed E-state index contributed by atoms with van der Waals surface area (Å²) in [5, 5.41) is 11.3. The van der Waals surface area contributed by atoms with Crippen LogP contribution >= 0.6 is 0 Å². The van der Waals surface area contributed by atoms with E-state index in [0.29, 0.717) is 19.3 Å². The molecule has 0 radical (unpaired) electrons. The van der Waals surface area contributed by atoms with Crippen molar-refractivity contribution in [3.63, 3.8) is 0 Å². The van der Waals surface area contributed by atoms with Crippen LogP contribution in [0.2, 0.25) is 0 Å². The molecule has 5 fully saturated rings. The summed E-state index contributed by atoms with van der Waals surface area (Å²) in [7, 11) is 1.77. The Bertz CT molecular complexity index is 878. The van der Waals surface area contributed by atoms with Crippen molar-refractivity contribution in [2.24, 2.45) is 17.3 Å². The number of aliphatic hydroxyl groups is 1. The van der Waals surface area contributed by atoms with Gasteiger partial charge in [0.2, 0.25) is 0 Å². The molecule has 5 nitrogen and oxygen atoms in total. The molecule has 0 unspecified atom stereocenters. The van der Waals surface area contributed by atoms with Crippen LogP contribution in [0.3, 0.4) is 0 Å². The number of ether oxygens (including phenoxy) is 3. The Balaban J connectivity index is 1.40. The van der Waals surface area contributed by atoms with E-state index >= 15 is 0 Å². The minimum absolute atomic E-state index is 0.0581. The van der Waals surface area contributed by atoms with E-state index in [1.807, 2.05) is 0 Å². The van der Waals surface area contributed by atoms with Gasteiger partial charge in [0, 0.05) is 35.8 Å². The average molecular weight is 412 g/mol. The SMILES string of the molecule is COc1ccc2c(c1)[C@]13CCN(CC4CC4)[C@@H]4C[C@@H](O)[C@@H](C[C@]41C2)C1(C3)OCCO1. The molecule has 2 aliphatic heterocycles. The molecular weight excluding hydrogens is 378 g/mol. The number of nitrogens with zero attached hydrogens (tertiary/aromatic N) is 1. The highest BCUT2D eigenvalue weighted by atomic mass is 16.7. The Morgan fingerprint density at radius 3 is 2.83 bits per heavy atom. The molecule has 2 saturated heterocycles. The topological polar surface area (TPSA) is 51.2 Å². The first-order chi connectivity index (χ1) is 14.6. The van der Waals surface area contributed by atoms with Gasteiger partial charge in [-0.3, -0.25) is 4.90 Å². The number of benzene rings is 1. The smallest absolute Gasteiger partial charge is 0.174 e. The lowest BCUT2D eigenvalue weighted by Gasteiger charge is -2.68. The quantitative estimate of drug-likeness (QED) is 0.829. The molecule has 162 valence electrons. The molecular formula is C25H33NO4. The molecule has 2 spiro atoms. The van der Waals surface area contributed by atoms with Crippen LogP contribution in [0, 0.1) is 17.3 Å². The van der Waals surface area contributed by atoms with E-state index in [0.717, 1.165) is 50.3 Å². The molecule has 7 rings (SSSR count). The van der Waals surface area contributed by atoms with Gasteiger partial charge in [0.1, 0.15) is 5.75 Å². The van der Waals surface area contributed by atoms with Crippen LogP contribution in [0.25, 0.3) is 0 Å². The third-order valence-electron chi connectivity index (χ3n) is 9.79. The molecule has 1 aromatic carbocycles. The van der Waals surface area contributed by atoms with Crippen LogP contribution in [0.5, 0.6) is 5.75 Å². The average Bonchev–Trinajstić information content (AvgIpc) is 3.38. The predicted octanol–water partition coefficient (Wildman–Crippen LogP) is 2.88. The number of hydrogen-bond donors (Lipinski definition) is 1. The fraction of sp³-hybridized carbons (Fsp3) is 0.760. The molecule has 3 saturated carbocycles. The zero-order valence-electron chi connectivity index (χ0n) is 17.9. The Labute approximate surface area is 178 Å². The lowest BCUT2D eigenvalue weighted by Crippen LogP contribution is -2.73. The lowest BCUT2D eigenvalue weighted by molar-refractivity contribution is -0.299. The summed E-state index contributed by atoms with van der Waals surface area (Å²) in [5.74, 6) is 1.31. The van der Waals surface area contributed by atoms with Crippen LogP contribution in [0.1, 0.15) is 49.7 Å². The van der Waals surface area contributed by atoms with E-state index in [2.05, 4.69) is 23.1 Å². The third-order valence-corrected chi connectivity index (χ3v) is 9.79. The third kappa shape index (κ3) is 2.18.